The van der Waals surface area contributed by atoms with E-state index in [0.717, 1.165) is 6.07 Å². The lowest BCUT2D eigenvalue weighted by atomic mass is 10.1. The molecule has 1 fully saturated rings. The molecule has 0 spiro atoms. The normalized spacial score (nSPS) is 18.6. The Bertz CT molecular complexity index is 597. The summed E-state index contributed by atoms with van der Waals surface area (Å²) < 4.78 is 38.9. The molecule has 0 radical (unpaired) electrons. The fraction of sp³-hybridized carbons (Fsp3) is 0.643. The molecule has 128 valence electrons. The van der Waals surface area contributed by atoms with Crippen LogP contribution in [-0.4, -0.2) is 46.1 Å². The number of nitrogens with zero attached hydrogens (tertiary/aromatic N) is 3. The molecular formula is C14H19F3N4O2. The van der Waals surface area contributed by atoms with Gasteiger partial charge in [-0.25, -0.2) is 0 Å². The van der Waals surface area contributed by atoms with Crippen molar-refractivity contribution in [2.45, 2.75) is 33.0 Å². The molecule has 1 N–H and O–H groups in total. The quantitative estimate of drug-likeness (QED) is 0.881. The lowest BCUT2D eigenvalue weighted by Crippen LogP contribution is -2.35. The highest BCUT2D eigenvalue weighted by Crippen LogP contribution is 2.28. The molecule has 0 bridgehead atoms. The molecule has 2 heterocycles. The van der Waals surface area contributed by atoms with Gasteiger partial charge in [-0.3, -0.25) is 14.3 Å². The number of aryl methyl sites for hydroxylation is 1. The van der Waals surface area contributed by atoms with Crippen LogP contribution in [0.3, 0.4) is 0 Å². The van der Waals surface area contributed by atoms with Crippen LogP contribution in [0.4, 0.5) is 13.2 Å². The van der Waals surface area contributed by atoms with Crippen molar-refractivity contribution in [3.8, 4) is 0 Å². The zero-order chi connectivity index (χ0) is 17.2. The number of alkyl halides is 3. The van der Waals surface area contributed by atoms with Gasteiger partial charge in [0.05, 0.1) is 12.5 Å². The predicted molar refractivity (Wildman–Crippen MR) is 75.3 cm³/mol. The van der Waals surface area contributed by atoms with Gasteiger partial charge in [0.2, 0.25) is 11.8 Å². The number of hydrogen-bond acceptors (Lipinski definition) is 3. The summed E-state index contributed by atoms with van der Waals surface area (Å²) >= 11 is 0. The highest BCUT2D eigenvalue weighted by atomic mass is 19.4. The van der Waals surface area contributed by atoms with Crippen LogP contribution in [0.25, 0.3) is 0 Å². The smallest absolute Gasteiger partial charge is 0.354 e. The second-order valence-corrected chi connectivity index (χ2v) is 5.52. The first-order valence-electron chi connectivity index (χ1n) is 7.39. The van der Waals surface area contributed by atoms with Gasteiger partial charge in [0.15, 0.2) is 5.69 Å². The average Bonchev–Trinajstić information content (AvgIpc) is 3.02. The molecule has 2 amide bonds. The van der Waals surface area contributed by atoms with Gasteiger partial charge in [-0.05, 0) is 19.9 Å². The van der Waals surface area contributed by atoms with E-state index >= 15 is 0 Å². The first-order chi connectivity index (χ1) is 10.7. The van der Waals surface area contributed by atoms with Crippen molar-refractivity contribution < 1.29 is 22.8 Å². The fourth-order valence-electron chi connectivity index (χ4n) is 2.56. The average molecular weight is 332 g/mol. The number of likely N-dealkylation sites (tertiary alicyclic amines) is 1. The molecule has 6 nitrogen and oxygen atoms in total. The maximum Gasteiger partial charge on any atom is 0.435 e. The molecular weight excluding hydrogens is 313 g/mol. The molecule has 2 rings (SSSR count). The monoisotopic (exact) mass is 332 g/mol. The Hall–Kier alpha value is -2.06. The maximum absolute atomic E-state index is 12.6. The number of nitrogens with one attached hydrogen (secondary N) is 1. The minimum atomic E-state index is -4.48. The summed E-state index contributed by atoms with van der Waals surface area (Å²) in [5.41, 5.74) is -0.568. The van der Waals surface area contributed by atoms with Crippen LogP contribution in [0, 0.1) is 12.8 Å². The molecule has 1 atom stereocenters. The molecule has 1 aromatic heterocycles. The summed E-state index contributed by atoms with van der Waals surface area (Å²) in [7, 11) is 0. The predicted octanol–water partition coefficient (Wildman–Crippen LogP) is 1.19. The Labute approximate surface area is 131 Å². The summed E-state index contributed by atoms with van der Waals surface area (Å²) in [6.07, 6.45) is -4.30. The highest BCUT2D eigenvalue weighted by molar-refractivity contribution is 5.89. The van der Waals surface area contributed by atoms with Crippen molar-refractivity contribution in [2.75, 3.05) is 19.6 Å². The number of aromatic nitrogens is 2. The number of carbonyl (C=O) groups is 2. The second-order valence-electron chi connectivity index (χ2n) is 5.52. The Balaban J connectivity index is 1.85. The minimum Gasteiger partial charge on any atom is -0.354 e. The van der Waals surface area contributed by atoms with E-state index in [2.05, 4.69) is 10.4 Å². The molecule has 0 unspecified atom stereocenters. The number of hydrogen-bond donors (Lipinski definition) is 1. The number of rotatable bonds is 5. The molecule has 1 aromatic rings. The third-order valence-electron chi connectivity index (χ3n) is 3.86. The third-order valence-corrected chi connectivity index (χ3v) is 3.86. The van der Waals surface area contributed by atoms with Crippen LogP contribution in [0.1, 0.15) is 24.7 Å². The van der Waals surface area contributed by atoms with Crippen molar-refractivity contribution in [2.24, 2.45) is 5.92 Å². The van der Waals surface area contributed by atoms with E-state index in [9.17, 15) is 22.8 Å². The van der Waals surface area contributed by atoms with E-state index < -0.39 is 17.8 Å². The van der Waals surface area contributed by atoms with Crippen LogP contribution in [0.5, 0.6) is 0 Å². The first kappa shape index (κ1) is 17.3. The van der Waals surface area contributed by atoms with Gasteiger partial charge in [-0.1, -0.05) is 0 Å². The van der Waals surface area contributed by atoms with Crippen molar-refractivity contribution >= 4 is 11.8 Å². The van der Waals surface area contributed by atoms with Gasteiger partial charge in [0.1, 0.15) is 0 Å². The summed E-state index contributed by atoms with van der Waals surface area (Å²) in [6.45, 7) is 4.63. The Morgan fingerprint density at radius 2 is 2.17 bits per heavy atom. The molecule has 1 aliphatic heterocycles. The van der Waals surface area contributed by atoms with Crippen LogP contribution in [0.15, 0.2) is 6.07 Å². The van der Waals surface area contributed by atoms with E-state index in [1.54, 1.807) is 4.90 Å². The second kappa shape index (κ2) is 6.59. The Kier molecular flexibility index (Phi) is 4.96. The van der Waals surface area contributed by atoms with E-state index in [1.165, 1.54) is 11.6 Å². The summed E-state index contributed by atoms with van der Waals surface area (Å²) in [5.74, 6) is -0.701. The standard InChI is InChI=1S/C14H19F3N4O2/c1-3-20-8-10(7-12(20)22)13(23)18-4-5-21-9(2)6-11(19-21)14(15,16)17/h6,10H,3-5,7-8H2,1-2H3,(H,18,23)/t10-/m0/s1. The zero-order valence-corrected chi connectivity index (χ0v) is 13.0. The SMILES string of the molecule is CCN1C[C@@H](C(=O)NCCn2nc(C(F)(F)F)cc2C)CC1=O. The van der Waals surface area contributed by atoms with Crippen molar-refractivity contribution in [1.82, 2.24) is 20.0 Å². The molecule has 9 heteroatoms. The van der Waals surface area contributed by atoms with Crippen molar-refractivity contribution in [1.29, 1.82) is 0 Å². The molecule has 23 heavy (non-hydrogen) atoms. The number of amides is 2. The first-order valence-corrected chi connectivity index (χ1v) is 7.39. The largest absolute Gasteiger partial charge is 0.435 e. The van der Waals surface area contributed by atoms with Crippen molar-refractivity contribution in [3.05, 3.63) is 17.5 Å². The van der Waals surface area contributed by atoms with Gasteiger partial charge < -0.3 is 10.2 Å². The van der Waals surface area contributed by atoms with Gasteiger partial charge in [-0.2, -0.15) is 18.3 Å². The van der Waals surface area contributed by atoms with Crippen LogP contribution >= 0.6 is 0 Å². The Morgan fingerprint density at radius 1 is 1.48 bits per heavy atom. The third kappa shape index (κ3) is 4.02. The van der Waals surface area contributed by atoms with Gasteiger partial charge in [0, 0.05) is 31.7 Å². The lowest BCUT2D eigenvalue weighted by Gasteiger charge is -2.13. The lowest BCUT2D eigenvalue weighted by molar-refractivity contribution is -0.141. The van der Waals surface area contributed by atoms with E-state index in [4.69, 9.17) is 0 Å². The highest BCUT2D eigenvalue weighted by Gasteiger charge is 2.35. The molecule has 0 aliphatic carbocycles. The van der Waals surface area contributed by atoms with E-state index in [1.807, 2.05) is 6.92 Å². The maximum atomic E-state index is 12.6. The summed E-state index contributed by atoms with van der Waals surface area (Å²) in [4.78, 5) is 25.2. The van der Waals surface area contributed by atoms with E-state index in [-0.39, 0.29) is 31.3 Å². The van der Waals surface area contributed by atoms with Crippen LogP contribution in [0.2, 0.25) is 0 Å². The Morgan fingerprint density at radius 3 is 2.70 bits per heavy atom. The number of carbonyl (C=O) groups excluding carboxylic acids is 2. The summed E-state index contributed by atoms with van der Waals surface area (Å²) in [6, 6.07) is 0.969. The van der Waals surface area contributed by atoms with Gasteiger partial charge in [0.25, 0.3) is 0 Å². The van der Waals surface area contributed by atoms with Crippen LogP contribution < -0.4 is 5.32 Å². The molecule has 0 saturated carbocycles. The minimum absolute atomic E-state index is 0.0506. The fourth-order valence-corrected chi connectivity index (χ4v) is 2.56. The molecule has 1 aliphatic rings. The van der Waals surface area contributed by atoms with Gasteiger partial charge >= 0.3 is 6.18 Å². The van der Waals surface area contributed by atoms with Crippen molar-refractivity contribution in [3.63, 3.8) is 0 Å². The molecule has 1 saturated heterocycles. The topological polar surface area (TPSA) is 67.2 Å². The molecule has 0 aromatic carbocycles. The number of halogens is 3. The van der Waals surface area contributed by atoms with Crippen LogP contribution in [-0.2, 0) is 22.3 Å². The van der Waals surface area contributed by atoms with E-state index in [0.29, 0.717) is 18.8 Å². The zero-order valence-electron chi connectivity index (χ0n) is 13.0. The summed E-state index contributed by atoms with van der Waals surface area (Å²) in [5, 5.41) is 6.14. The van der Waals surface area contributed by atoms with Gasteiger partial charge in [-0.15, -0.1) is 0 Å².